The number of phenolic OH excluding ortho intramolecular Hbond substituents is 5. The van der Waals surface area contributed by atoms with E-state index in [0.29, 0.717) is 0 Å². The second-order valence-electron chi connectivity index (χ2n) is 4.81. The molecule has 0 bridgehead atoms. The number of hydrogen-bond acceptors (Lipinski definition) is 7. The number of rotatable bonds is 2. The first kappa shape index (κ1) is 14.4. The first-order valence-electron chi connectivity index (χ1n) is 6.26. The van der Waals surface area contributed by atoms with E-state index in [1.165, 1.54) is 0 Å². The molecule has 0 amide bonds. The minimum Gasteiger partial charge on any atom is -0.508 e. The molecule has 0 aliphatic rings. The highest BCUT2D eigenvalue weighted by molar-refractivity contribution is 6.09. The summed E-state index contributed by atoms with van der Waals surface area (Å²) in [6.07, 6.45) is 0. The minimum atomic E-state index is -1.43. The molecule has 0 saturated heterocycles. The molecule has 8 nitrogen and oxygen atoms in total. The van der Waals surface area contributed by atoms with E-state index < -0.39 is 40.3 Å². The lowest BCUT2D eigenvalue weighted by molar-refractivity contribution is 0.0699. The summed E-state index contributed by atoms with van der Waals surface area (Å²) in [7, 11) is 0. The van der Waals surface area contributed by atoms with Crippen molar-refractivity contribution in [3.63, 3.8) is 0 Å². The molecular formula is C15H10O8. The lowest BCUT2D eigenvalue weighted by Gasteiger charge is -2.06. The van der Waals surface area contributed by atoms with Gasteiger partial charge in [0.15, 0.2) is 17.3 Å². The standard InChI is InChI=1S/C15H10O8/c16-5-1-9(19)13(10(20)2-5)14-12(15(21)22)6-3-7(17)8(18)4-11(6)23-14/h1-4,16-20H,(H,21,22). The van der Waals surface area contributed by atoms with E-state index in [4.69, 9.17) is 4.42 Å². The summed E-state index contributed by atoms with van der Waals surface area (Å²) >= 11 is 0. The number of aromatic hydroxyl groups is 5. The predicted octanol–water partition coefficient (Wildman–Crippen LogP) is 2.33. The van der Waals surface area contributed by atoms with Crippen molar-refractivity contribution in [2.75, 3.05) is 0 Å². The van der Waals surface area contributed by atoms with Crippen molar-refractivity contribution in [3.05, 3.63) is 29.8 Å². The summed E-state index contributed by atoms with van der Waals surface area (Å²) in [6, 6.07) is 3.82. The van der Waals surface area contributed by atoms with Gasteiger partial charge in [-0.25, -0.2) is 4.79 Å². The Morgan fingerprint density at radius 3 is 1.96 bits per heavy atom. The highest BCUT2D eigenvalue weighted by Gasteiger charge is 2.27. The second kappa shape index (κ2) is 4.73. The van der Waals surface area contributed by atoms with E-state index in [1.54, 1.807) is 0 Å². The van der Waals surface area contributed by atoms with E-state index >= 15 is 0 Å². The van der Waals surface area contributed by atoms with Crippen LogP contribution >= 0.6 is 0 Å². The summed E-state index contributed by atoms with van der Waals surface area (Å²) in [6.45, 7) is 0. The summed E-state index contributed by atoms with van der Waals surface area (Å²) in [5.74, 6) is -4.51. The molecule has 6 N–H and O–H groups in total. The number of carbonyl (C=O) groups is 1. The van der Waals surface area contributed by atoms with E-state index in [1.807, 2.05) is 0 Å². The third-order valence-corrected chi connectivity index (χ3v) is 3.31. The van der Waals surface area contributed by atoms with Gasteiger partial charge in [0.05, 0.1) is 0 Å². The molecule has 1 aromatic heterocycles. The molecule has 0 fully saturated rings. The molecule has 8 heteroatoms. The van der Waals surface area contributed by atoms with Gasteiger partial charge in [-0.3, -0.25) is 0 Å². The van der Waals surface area contributed by atoms with Crippen LogP contribution in [0.25, 0.3) is 22.3 Å². The van der Waals surface area contributed by atoms with Crippen molar-refractivity contribution in [2.24, 2.45) is 0 Å². The molecule has 1 heterocycles. The Bertz CT molecular complexity index is 931. The average molecular weight is 318 g/mol. The lowest BCUT2D eigenvalue weighted by atomic mass is 10.0. The first-order valence-corrected chi connectivity index (χ1v) is 6.26. The molecule has 0 aliphatic heterocycles. The van der Waals surface area contributed by atoms with Crippen molar-refractivity contribution >= 4 is 16.9 Å². The number of phenols is 5. The van der Waals surface area contributed by atoms with Crippen LogP contribution in [0.3, 0.4) is 0 Å². The monoisotopic (exact) mass is 318 g/mol. The third-order valence-electron chi connectivity index (χ3n) is 3.31. The van der Waals surface area contributed by atoms with Crippen LogP contribution in [0, 0.1) is 0 Å². The predicted molar refractivity (Wildman–Crippen MR) is 76.9 cm³/mol. The number of benzene rings is 2. The maximum Gasteiger partial charge on any atom is 0.340 e. The SMILES string of the molecule is O=C(O)c1c(-c2c(O)cc(O)cc2O)oc2cc(O)c(O)cc12. The fourth-order valence-corrected chi connectivity index (χ4v) is 2.34. The molecule has 0 radical (unpaired) electrons. The number of aromatic carboxylic acids is 1. The molecule has 0 atom stereocenters. The summed E-state index contributed by atoms with van der Waals surface area (Å²) in [4.78, 5) is 11.5. The number of furan rings is 1. The second-order valence-corrected chi connectivity index (χ2v) is 4.81. The van der Waals surface area contributed by atoms with Crippen LogP contribution in [-0.4, -0.2) is 36.6 Å². The van der Waals surface area contributed by atoms with Crippen molar-refractivity contribution in [3.8, 4) is 40.1 Å². The van der Waals surface area contributed by atoms with E-state index in [-0.39, 0.29) is 22.3 Å². The van der Waals surface area contributed by atoms with Gasteiger partial charge in [0.2, 0.25) is 0 Å². The fraction of sp³-hybridized carbons (Fsp3) is 0. The molecule has 0 saturated carbocycles. The molecular weight excluding hydrogens is 308 g/mol. The number of carboxylic acids is 1. The van der Waals surface area contributed by atoms with Crippen molar-refractivity contribution in [1.82, 2.24) is 0 Å². The molecule has 118 valence electrons. The van der Waals surface area contributed by atoms with Gasteiger partial charge in [-0.2, -0.15) is 0 Å². The first-order chi connectivity index (χ1) is 10.8. The Kier molecular flexibility index (Phi) is 2.96. The quantitative estimate of drug-likeness (QED) is 0.394. The minimum absolute atomic E-state index is 0.0327. The summed E-state index contributed by atoms with van der Waals surface area (Å²) in [5.41, 5.74) is -0.832. The van der Waals surface area contributed by atoms with Crippen molar-refractivity contribution < 1.29 is 39.9 Å². The summed E-state index contributed by atoms with van der Waals surface area (Å²) < 4.78 is 5.33. The van der Waals surface area contributed by atoms with Crippen molar-refractivity contribution in [1.29, 1.82) is 0 Å². The van der Waals surface area contributed by atoms with Gasteiger partial charge in [0, 0.05) is 23.6 Å². The number of carboxylic acid groups (broad SMARTS) is 1. The largest absolute Gasteiger partial charge is 0.508 e. The highest BCUT2D eigenvalue weighted by atomic mass is 16.4. The van der Waals surface area contributed by atoms with Gasteiger partial charge in [-0.15, -0.1) is 0 Å². The molecule has 3 aromatic rings. The summed E-state index contributed by atoms with van der Waals surface area (Å²) in [5, 5.41) is 57.5. The van der Waals surface area contributed by atoms with Crippen LogP contribution in [0.2, 0.25) is 0 Å². The number of hydrogen-bond donors (Lipinski definition) is 6. The molecule has 0 unspecified atom stereocenters. The zero-order valence-electron chi connectivity index (χ0n) is 11.3. The Hall–Kier alpha value is -3.55. The van der Waals surface area contributed by atoms with Gasteiger partial charge in [-0.1, -0.05) is 0 Å². The highest BCUT2D eigenvalue weighted by Crippen LogP contribution is 2.46. The van der Waals surface area contributed by atoms with Gasteiger partial charge >= 0.3 is 5.97 Å². The zero-order valence-corrected chi connectivity index (χ0v) is 11.3. The molecule has 3 rings (SSSR count). The Labute approximate surface area is 127 Å². The Morgan fingerprint density at radius 1 is 0.826 bits per heavy atom. The molecule has 23 heavy (non-hydrogen) atoms. The topological polar surface area (TPSA) is 152 Å². The van der Waals surface area contributed by atoms with Crippen LogP contribution in [0.1, 0.15) is 10.4 Å². The van der Waals surface area contributed by atoms with Crippen LogP contribution in [0.15, 0.2) is 28.7 Å². The zero-order chi connectivity index (χ0) is 16.9. The maximum atomic E-state index is 11.5. The van der Waals surface area contributed by atoms with Gasteiger partial charge in [-0.05, 0) is 6.07 Å². The lowest BCUT2D eigenvalue weighted by Crippen LogP contribution is -1.97. The molecule has 0 spiro atoms. The van der Waals surface area contributed by atoms with Crippen LogP contribution < -0.4 is 0 Å². The Morgan fingerprint density at radius 2 is 1.39 bits per heavy atom. The number of fused-ring (bicyclic) bond motifs is 1. The third kappa shape index (κ3) is 2.13. The normalized spacial score (nSPS) is 11.0. The molecule has 0 aliphatic carbocycles. The average Bonchev–Trinajstić information content (AvgIpc) is 2.76. The smallest absolute Gasteiger partial charge is 0.340 e. The van der Waals surface area contributed by atoms with Crippen LogP contribution in [0.4, 0.5) is 0 Å². The fourth-order valence-electron chi connectivity index (χ4n) is 2.34. The van der Waals surface area contributed by atoms with Crippen LogP contribution in [-0.2, 0) is 0 Å². The maximum absolute atomic E-state index is 11.5. The van der Waals surface area contributed by atoms with Gasteiger partial charge in [0.1, 0.15) is 34.0 Å². The molecule has 2 aromatic carbocycles. The van der Waals surface area contributed by atoms with Crippen molar-refractivity contribution in [2.45, 2.75) is 0 Å². The van der Waals surface area contributed by atoms with E-state index in [2.05, 4.69) is 0 Å². The van der Waals surface area contributed by atoms with Gasteiger partial charge in [0.25, 0.3) is 0 Å². The van der Waals surface area contributed by atoms with E-state index in [9.17, 15) is 35.4 Å². The Balaban J connectivity index is 2.43. The van der Waals surface area contributed by atoms with Gasteiger partial charge < -0.3 is 35.1 Å². The van der Waals surface area contributed by atoms with Crippen LogP contribution in [0.5, 0.6) is 28.7 Å². The van der Waals surface area contributed by atoms with E-state index in [0.717, 1.165) is 24.3 Å².